The normalized spacial score (nSPS) is 21.0. The molecule has 3 rings (SSSR count). The van der Waals surface area contributed by atoms with Crippen molar-refractivity contribution >= 4 is 23.7 Å². The van der Waals surface area contributed by atoms with E-state index < -0.39 is 0 Å². The van der Waals surface area contributed by atoms with Gasteiger partial charge in [0.1, 0.15) is 0 Å². The summed E-state index contributed by atoms with van der Waals surface area (Å²) in [4.78, 5) is 30.3. The van der Waals surface area contributed by atoms with Crippen molar-refractivity contribution in [1.29, 1.82) is 0 Å². The van der Waals surface area contributed by atoms with E-state index in [1.807, 2.05) is 17.2 Å². The first-order valence-electron chi connectivity index (χ1n) is 5.53. The monoisotopic (exact) mass is 251 g/mol. The molecule has 0 bridgehead atoms. The minimum absolute atomic E-state index is 0.0262. The molecule has 90 valence electrons. The number of thiazole rings is 1. The second-order valence-electron chi connectivity index (χ2n) is 4.97. The zero-order chi connectivity index (χ0) is 12.0. The molecule has 2 fully saturated rings. The third-order valence-electron chi connectivity index (χ3n) is 3.37. The van der Waals surface area contributed by atoms with Crippen LogP contribution in [-0.4, -0.2) is 53.3 Å². The van der Waals surface area contributed by atoms with Gasteiger partial charge >= 0.3 is 0 Å². The Morgan fingerprint density at radius 1 is 1.47 bits per heavy atom. The van der Waals surface area contributed by atoms with Gasteiger partial charge in [-0.2, -0.15) is 0 Å². The molecule has 1 aromatic rings. The molecule has 1 aromatic heterocycles. The number of amides is 2. The average Bonchev–Trinajstić information content (AvgIpc) is 2.61. The zero-order valence-corrected chi connectivity index (χ0v) is 10.4. The molecule has 2 amide bonds. The van der Waals surface area contributed by atoms with Gasteiger partial charge in [-0.1, -0.05) is 0 Å². The highest BCUT2D eigenvalue weighted by molar-refractivity contribution is 7.11. The number of hydrogen-bond donors (Lipinski definition) is 0. The van der Waals surface area contributed by atoms with Gasteiger partial charge in [0.25, 0.3) is 5.91 Å². The number of aryl methyl sites for hydroxylation is 1. The van der Waals surface area contributed by atoms with Crippen molar-refractivity contribution in [2.45, 2.75) is 6.92 Å². The first kappa shape index (κ1) is 10.7. The number of nitrogens with zero attached hydrogens (tertiary/aromatic N) is 3. The molecule has 2 aliphatic heterocycles. The van der Waals surface area contributed by atoms with Crippen LogP contribution in [0.5, 0.6) is 0 Å². The van der Waals surface area contributed by atoms with Gasteiger partial charge in [-0.05, 0) is 6.92 Å². The number of hydrogen-bond acceptors (Lipinski definition) is 4. The van der Waals surface area contributed by atoms with E-state index in [0.29, 0.717) is 5.01 Å². The number of carbonyl (C=O) groups excluding carboxylic acids is 2. The van der Waals surface area contributed by atoms with E-state index in [1.54, 1.807) is 4.90 Å². The summed E-state index contributed by atoms with van der Waals surface area (Å²) >= 11 is 1.40. The molecule has 2 saturated heterocycles. The Labute approximate surface area is 103 Å². The van der Waals surface area contributed by atoms with Gasteiger partial charge in [-0.25, -0.2) is 4.98 Å². The fourth-order valence-electron chi connectivity index (χ4n) is 2.58. The topological polar surface area (TPSA) is 53.5 Å². The lowest BCUT2D eigenvalue weighted by Crippen LogP contribution is -2.72. The van der Waals surface area contributed by atoms with E-state index in [2.05, 4.69) is 4.98 Å². The van der Waals surface area contributed by atoms with Gasteiger partial charge in [0.05, 0.1) is 0 Å². The van der Waals surface area contributed by atoms with Gasteiger partial charge < -0.3 is 9.80 Å². The molecule has 5 nitrogen and oxygen atoms in total. The highest BCUT2D eigenvalue weighted by Gasteiger charge is 2.53. The highest BCUT2D eigenvalue weighted by Crippen LogP contribution is 2.39. The van der Waals surface area contributed by atoms with E-state index in [4.69, 9.17) is 0 Å². The number of aromatic nitrogens is 1. The third-order valence-corrected chi connectivity index (χ3v) is 4.32. The predicted molar refractivity (Wildman–Crippen MR) is 62.8 cm³/mol. The highest BCUT2D eigenvalue weighted by atomic mass is 32.1. The van der Waals surface area contributed by atoms with Gasteiger partial charge in [0.2, 0.25) is 6.41 Å². The summed E-state index contributed by atoms with van der Waals surface area (Å²) in [6.45, 7) is 4.98. The van der Waals surface area contributed by atoms with Crippen LogP contribution in [0.25, 0.3) is 0 Å². The molecule has 0 unspecified atom stereocenters. The summed E-state index contributed by atoms with van der Waals surface area (Å²) in [5.74, 6) is 0.0262. The molecular weight excluding hydrogens is 238 g/mol. The van der Waals surface area contributed by atoms with E-state index in [1.165, 1.54) is 11.3 Å². The van der Waals surface area contributed by atoms with Crippen molar-refractivity contribution in [2.75, 3.05) is 26.2 Å². The quantitative estimate of drug-likeness (QED) is 0.713. The minimum atomic E-state index is 0.0262. The molecular formula is C11H13N3O2S. The summed E-state index contributed by atoms with van der Waals surface area (Å²) in [5.41, 5.74) is 1.08. The Kier molecular flexibility index (Phi) is 2.22. The molecule has 6 heteroatoms. The van der Waals surface area contributed by atoms with Crippen LogP contribution < -0.4 is 0 Å². The van der Waals surface area contributed by atoms with Crippen LogP contribution in [0.15, 0.2) is 5.38 Å². The van der Waals surface area contributed by atoms with Crippen LogP contribution in [0.4, 0.5) is 0 Å². The largest absolute Gasteiger partial charge is 0.344 e. The molecule has 1 spiro atoms. The second-order valence-corrected chi connectivity index (χ2v) is 5.82. The SMILES string of the molecule is Cc1csc(C(=O)N2CC3(CN(C=O)C3)C2)n1. The summed E-state index contributed by atoms with van der Waals surface area (Å²) in [6, 6.07) is 0. The Hall–Kier alpha value is -1.43. The molecule has 0 saturated carbocycles. The molecule has 3 heterocycles. The minimum Gasteiger partial charge on any atom is -0.344 e. The van der Waals surface area contributed by atoms with Gasteiger partial charge in [0.15, 0.2) is 5.01 Å². The van der Waals surface area contributed by atoms with Crippen molar-refractivity contribution in [3.63, 3.8) is 0 Å². The molecule has 0 N–H and O–H groups in total. The first-order valence-corrected chi connectivity index (χ1v) is 6.41. The van der Waals surface area contributed by atoms with Crippen LogP contribution in [0.2, 0.25) is 0 Å². The lowest BCUT2D eigenvalue weighted by molar-refractivity contribution is -0.141. The fourth-order valence-corrected chi connectivity index (χ4v) is 3.35. The van der Waals surface area contributed by atoms with Crippen molar-refractivity contribution in [3.8, 4) is 0 Å². The first-order chi connectivity index (χ1) is 8.12. The summed E-state index contributed by atoms with van der Waals surface area (Å²) in [6.07, 6.45) is 0.875. The van der Waals surface area contributed by atoms with Gasteiger partial charge in [-0.3, -0.25) is 9.59 Å². The fraction of sp³-hybridized carbons (Fsp3) is 0.545. The third kappa shape index (κ3) is 1.63. The van der Waals surface area contributed by atoms with Crippen LogP contribution in [0.3, 0.4) is 0 Å². The maximum Gasteiger partial charge on any atom is 0.282 e. The van der Waals surface area contributed by atoms with Gasteiger partial charge in [0, 0.05) is 42.7 Å². The molecule has 0 atom stereocenters. The Balaban J connectivity index is 1.59. The lowest BCUT2D eigenvalue weighted by atomic mass is 9.73. The average molecular weight is 251 g/mol. The predicted octanol–water partition coefficient (Wildman–Crippen LogP) is 0.366. The Morgan fingerprint density at radius 3 is 2.71 bits per heavy atom. The smallest absolute Gasteiger partial charge is 0.282 e. The second kappa shape index (κ2) is 3.53. The van der Waals surface area contributed by atoms with E-state index >= 15 is 0 Å². The van der Waals surface area contributed by atoms with Crippen molar-refractivity contribution < 1.29 is 9.59 Å². The van der Waals surface area contributed by atoms with E-state index in [9.17, 15) is 9.59 Å². The molecule has 0 aliphatic carbocycles. The lowest BCUT2D eigenvalue weighted by Gasteiger charge is -2.59. The molecule has 0 aromatic carbocycles. The zero-order valence-electron chi connectivity index (χ0n) is 9.55. The molecule has 2 aliphatic rings. The van der Waals surface area contributed by atoms with Gasteiger partial charge in [-0.15, -0.1) is 11.3 Å². The van der Waals surface area contributed by atoms with Crippen molar-refractivity contribution in [2.24, 2.45) is 5.41 Å². The van der Waals surface area contributed by atoms with E-state index in [0.717, 1.165) is 38.3 Å². The standard InChI is InChI=1S/C11H13N3O2S/c1-8-2-17-9(12-8)10(16)14-5-11(6-14)3-13(4-11)7-15/h2,7H,3-6H2,1H3. The summed E-state index contributed by atoms with van der Waals surface area (Å²) in [5, 5.41) is 2.46. The van der Waals surface area contributed by atoms with Crippen LogP contribution in [0, 0.1) is 12.3 Å². The van der Waals surface area contributed by atoms with Crippen LogP contribution in [0.1, 0.15) is 15.5 Å². The summed E-state index contributed by atoms with van der Waals surface area (Å²) < 4.78 is 0. The number of rotatable bonds is 2. The number of likely N-dealkylation sites (tertiary alicyclic amines) is 2. The van der Waals surface area contributed by atoms with Crippen molar-refractivity contribution in [1.82, 2.24) is 14.8 Å². The Morgan fingerprint density at radius 2 is 2.18 bits per heavy atom. The van der Waals surface area contributed by atoms with Crippen molar-refractivity contribution in [3.05, 3.63) is 16.1 Å². The maximum atomic E-state index is 12.0. The Bertz CT molecular complexity index is 471. The van der Waals surface area contributed by atoms with Crippen LogP contribution in [-0.2, 0) is 4.79 Å². The molecule has 0 radical (unpaired) electrons. The maximum absolute atomic E-state index is 12.0. The number of carbonyl (C=O) groups is 2. The van der Waals surface area contributed by atoms with E-state index in [-0.39, 0.29) is 11.3 Å². The van der Waals surface area contributed by atoms with Crippen LogP contribution >= 0.6 is 11.3 Å². The molecule has 17 heavy (non-hydrogen) atoms. The summed E-state index contributed by atoms with van der Waals surface area (Å²) in [7, 11) is 0.